The zero-order chi connectivity index (χ0) is 13.5. The Balaban J connectivity index is 1.90. The predicted octanol–water partition coefficient (Wildman–Crippen LogP) is 3.17. The number of halogens is 1. The third-order valence-corrected chi connectivity index (χ3v) is 3.38. The molecule has 0 saturated carbocycles. The normalized spacial score (nSPS) is 13.7. The van der Waals surface area contributed by atoms with Crippen molar-refractivity contribution in [2.75, 3.05) is 18.5 Å². The van der Waals surface area contributed by atoms with Crippen LogP contribution in [-0.2, 0) is 0 Å². The van der Waals surface area contributed by atoms with Crippen LogP contribution in [0.2, 0.25) is 0 Å². The molecule has 100 valence electrons. The van der Waals surface area contributed by atoms with Crippen molar-refractivity contribution in [2.24, 2.45) is 0 Å². The summed E-state index contributed by atoms with van der Waals surface area (Å²) in [5.74, 6) is 1.20. The van der Waals surface area contributed by atoms with Crippen LogP contribution in [0.4, 0.5) is 10.1 Å². The Morgan fingerprint density at radius 1 is 1.20 bits per heavy atom. The third kappa shape index (κ3) is 1.71. The Bertz CT molecular complexity index is 797. The molecule has 20 heavy (non-hydrogen) atoms. The summed E-state index contributed by atoms with van der Waals surface area (Å²) in [6.45, 7) is 1.42. The zero-order valence-electron chi connectivity index (χ0n) is 10.6. The molecule has 0 radical (unpaired) electrons. The summed E-state index contributed by atoms with van der Waals surface area (Å²) < 4.78 is 19.0. The zero-order valence-corrected chi connectivity index (χ0v) is 10.6. The molecular formula is C15H12FN3O. The first kappa shape index (κ1) is 11.3. The van der Waals surface area contributed by atoms with E-state index in [2.05, 4.69) is 15.3 Å². The van der Waals surface area contributed by atoms with Gasteiger partial charge in [-0.3, -0.25) is 0 Å². The molecule has 0 unspecified atom stereocenters. The largest absolute Gasteiger partial charge is 0.489 e. The maximum absolute atomic E-state index is 13.2. The maximum Gasteiger partial charge on any atom is 0.153 e. The van der Waals surface area contributed by atoms with Gasteiger partial charge in [0.15, 0.2) is 5.75 Å². The van der Waals surface area contributed by atoms with Crippen LogP contribution in [0.15, 0.2) is 36.4 Å². The van der Waals surface area contributed by atoms with Crippen molar-refractivity contribution in [3.05, 3.63) is 42.2 Å². The predicted molar refractivity (Wildman–Crippen MR) is 75.5 cm³/mol. The SMILES string of the molecule is Fc1ccc2nc(-c3cccc4c3OCCN4)[nH]c2c1. The van der Waals surface area contributed by atoms with Crippen molar-refractivity contribution in [1.29, 1.82) is 0 Å². The number of nitrogens with zero attached hydrogens (tertiary/aromatic N) is 1. The molecule has 4 rings (SSSR count). The van der Waals surface area contributed by atoms with Gasteiger partial charge in [-0.2, -0.15) is 0 Å². The van der Waals surface area contributed by atoms with Gasteiger partial charge in [-0.05, 0) is 30.3 Å². The van der Waals surface area contributed by atoms with Gasteiger partial charge in [0, 0.05) is 6.54 Å². The van der Waals surface area contributed by atoms with E-state index in [1.807, 2.05) is 18.2 Å². The lowest BCUT2D eigenvalue weighted by molar-refractivity contribution is 0.324. The maximum atomic E-state index is 13.2. The average molecular weight is 269 g/mol. The molecule has 3 aromatic rings. The smallest absolute Gasteiger partial charge is 0.153 e. The molecule has 5 heteroatoms. The van der Waals surface area contributed by atoms with Crippen LogP contribution in [0.3, 0.4) is 0 Å². The van der Waals surface area contributed by atoms with E-state index in [-0.39, 0.29) is 5.82 Å². The molecule has 0 atom stereocenters. The highest BCUT2D eigenvalue weighted by molar-refractivity contribution is 5.83. The minimum Gasteiger partial charge on any atom is -0.489 e. The second kappa shape index (κ2) is 4.23. The van der Waals surface area contributed by atoms with Crippen LogP contribution < -0.4 is 10.1 Å². The lowest BCUT2D eigenvalue weighted by Gasteiger charge is -2.20. The molecule has 0 fully saturated rings. The minimum atomic E-state index is -0.277. The number of nitrogens with one attached hydrogen (secondary N) is 2. The van der Waals surface area contributed by atoms with Crippen molar-refractivity contribution in [2.45, 2.75) is 0 Å². The van der Waals surface area contributed by atoms with Crippen LogP contribution in [0.5, 0.6) is 5.75 Å². The standard InChI is InChI=1S/C15H12FN3O/c16-9-4-5-11-13(8-9)19-15(18-11)10-2-1-3-12-14(10)20-7-6-17-12/h1-5,8,17H,6-7H2,(H,18,19). The van der Waals surface area contributed by atoms with E-state index in [1.165, 1.54) is 12.1 Å². The first-order valence-electron chi connectivity index (χ1n) is 6.46. The van der Waals surface area contributed by atoms with Gasteiger partial charge in [-0.1, -0.05) is 6.07 Å². The number of hydrogen-bond donors (Lipinski definition) is 2. The van der Waals surface area contributed by atoms with E-state index in [9.17, 15) is 4.39 Å². The Labute approximate surface area is 114 Å². The number of rotatable bonds is 1. The topological polar surface area (TPSA) is 49.9 Å². The van der Waals surface area contributed by atoms with Crippen molar-refractivity contribution in [3.63, 3.8) is 0 Å². The molecule has 0 aliphatic carbocycles. The summed E-state index contributed by atoms with van der Waals surface area (Å²) in [6.07, 6.45) is 0. The number of hydrogen-bond acceptors (Lipinski definition) is 3. The molecule has 2 N–H and O–H groups in total. The fourth-order valence-electron chi connectivity index (χ4n) is 2.47. The number of fused-ring (bicyclic) bond motifs is 2. The quantitative estimate of drug-likeness (QED) is 0.713. The Morgan fingerprint density at radius 3 is 3.10 bits per heavy atom. The summed E-state index contributed by atoms with van der Waals surface area (Å²) in [6, 6.07) is 10.4. The van der Waals surface area contributed by atoms with Crippen molar-refractivity contribution in [3.8, 4) is 17.1 Å². The van der Waals surface area contributed by atoms with E-state index in [1.54, 1.807) is 6.07 Å². The van der Waals surface area contributed by atoms with E-state index in [0.29, 0.717) is 17.9 Å². The van der Waals surface area contributed by atoms with Crippen molar-refractivity contribution < 1.29 is 9.13 Å². The van der Waals surface area contributed by atoms with E-state index < -0.39 is 0 Å². The number of aromatic nitrogens is 2. The summed E-state index contributed by atoms with van der Waals surface area (Å²) in [7, 11) is 0. The van der Waals surface area contributed by atoms with Gasteiger partial charge in [-0.25, -0.2) is 9.37 Å². The fourth-order valence-corrected chi connectivity index (χ4v) is 2.47. The van der Waals surface area contributed by atoms with Gasteiger partial charge in [0.2, 0.25) is 0 Å². The lowest BCUT2D eigenvalue weighted by atomic mass is 10.1. The summed E-state index contributed by atoms with van der Waals surface area (Å²) in [5, 5.41) is 3.29. The first-order valence-corrected chi connectivity index (χ1v) is 6.46. The molecule has 0 bridgehead atoms. The van der Waals surface area contributed by atoms with Crippen LogP contribution in [-0.4, -0.2) is 23.1 Å². The van der Waals surface area contributed by atoms with Crippen molar-refractivity contribution in [1.82, 2.24) is 9.97 Å². The van der Waals surface area contributed by atoms with Crippen LogP contribution in [0.25, 0.3) is 22.4 Å². The number of benzene rings is 2. The van der Waals surface area contributed by atoms with Gasteiger partial charge in [0.25, 0.3) is 0 Å². The van der Waals surface area contributed by atoms with E-state index >= 15 is 0 Å². The van der Waals surface area contributed by atoms with E-state index in [4.69, 9.17) is 4.74 Å². The van der Waals surface area contributed by atoms with Gasteiger partial charge >= 0.3 is 0 Å². The number of imidazole rings is 1. The number of para-hydroxylation sites is 1. The minimum absolute atomic E-state index is 0.277. The van der Waals surface area contributed by atoms with Gasteiger partial charge < -0.3 is 15.0 Å². The molecule has 0 amide bonds. The van der Waals surface area contributed by atoms with Crippen molar-refractivity contribution >= 4 is 16.7 Å². The average Bonchev–Trinajstić information content (AvgIpc) is 2.89. The number of anilines is 1. The molecule has 0 spiro atoms. The Morgan fingerprint density at radius 2 is 2.15 bits per heavy atom. The second-order valence-corrected chi connectivity index (χ2v) is 4.70. The monoisotopic (exact) mass is 269 g/mol. The van der Waals surface area contributed by atoms with Gasteiger partial charge in [0.05, 0.1) is 22.3 Å². The summed E-state index contributed by atoms with van der Waals surface area (Å²) in [4.78, 5) is 7.65. The number of aromatic amines is 1. The molecule has 2 heterocycles. The highest BCUT2D eigenvalue weighted by Crippen LogP contribution is 2.37. The summed E-state index contributed by atoms with van der Waals surface area (Å²) >= 11 is 0. The Kier molecular flexibility index (Phi) is 2.39. The highest BCUT2D eigenvalue weighted by atomic mass is 19.1. The highest BCUT2D eigenvalue weighted by Gasteiger charge is 2.17. The second-order valence-electron chi connectivity index (χ2n) is 4.70. The van der Waals surface area contributed by atoms with Crippen LogP contribution in [0.1, 0.15) is 0 Å². The molecule has 4 nitrogen and oxygen atoms in total. The molecule has 1 aliphatic rings. The van der Waals surface area contributed by atoms with Crippen LogP contribution >= 0.6 is 0 Å². The number of ether oxygens (including phenoxy) is 1. The third-order valence-electron chi connectivity index (χ3n) is 3.38. The molecule has 0 saturated heterocycles. The molecule has 1 aliphatic heterocycles. The van der Waals surface area contributed by atoms with Crippen LogP contribution in [0, 0.1) is 5.82 Å². The van der Waals surface area contributed by atoms with Gasteiger partial charge in [-0.15, -0.1) is 0 Å². The molecule has 1 aromatic heterocycles. The lowest BCUT2D eigenvalue weighted by Crippen LogP contribution is -2.18. The Hall–Kier alpha value is -2.56. The fraction of sp³-hybridized carbons (Fsp3) is 0.133. The van der Waals surface area contributed by atoms with E-state index in [0.717, 1.165) is 29.1 Å². The number of H-pyrrole nitrogens is 1. The summed E-state index contributed by atoms with van der Waals surface area (Å²) in [5.41, 5.74) is 3.26. The molecular weight excluding hydrogens is 257 g/mol. The molecule has 2 aromatic carbocycles. The first-order chi connectivity index (χ1) is 9.81. The van der Waals surface area contributed by atoms with Gasteiger partial charge in [0.1, 0.15) is 18.2 Å².